The van der Waals surface area contributed by atoms with Crippen molar-refractivity contribution >= 4 is 12.3 Å². The molecule has 2 N–H and O–H groups in total. The molecule has 28 heavy (non-hydrogen) atoms. The molecular formula is C23H30O5. The molecule has 5 rings (SSSR count). The summed E-state index contributed by atoms with van der Waals surface area (Å²) in [6, 6.07) is 0. The molecule has 0 aromatic heterocycles. The minimum Gasteiger partial charge on any atom is -0.458 e. The first kappa shape index (κ1) is 18.6. The summed E-state index contributed by atoms with van der Waals surface area (Å²) in [7, 11) is 0. The van der Waals surface area contributed by atoms with Crippen molar-refractivity contribution in [1.82, 2.24) is 0 Å². The molecule has 0 radical (unpaired) electrons. The maximum atomic E-state index is 12.4. The smallest absolute Gasteiger partial charge is 0.331 e. The van der Waals surface area contributed by atoms with Crippen LogP contribution in [0.3, 0.4) is 0 Å². The fraction of sp³-hybridized carbons (Fsp3) is 0.739. The quantitative estimate of drug-likeness (QED) is 0.433. The number of ether oxygens (including phenoxy) is 1. The molecule has 5 heteroatoms. The van der Waals surface area contributed by atoms with Crippen molar-refractivity contribution in [1.29, 1.82) is 0 Å². The fourth-order valence-electron chi connectivity index (χ4n) is 7.72. The third-order valence-electron chi connectivity index (χ3n) is 9.21. The normalized spacial score (nSPS) is 50.0. The van der Waals surface area contributed by atoms with E-state index in [9.17, 15) is 19.8 Å². The first-order chi connectivity index (χ1) is 13.3. The molecule has 4 aliphatic carbocycles. The molecule has 0 saturated heterocycles. The second-order valence-corrected chi connectivity index (χ2v) is 10.0. The Bertz CT molecular complexity index is 784. The number of cyclic esters (lactones) is 1. The number of carbonyl (C=O) groups excluding carboxylic acids is 2. The lowest BCUT2D eigenvalue weighted by Crippen LogP contribution is -2.61. The molecule has 152 valence electrons. The maximum absolute atomic E-state index is 12.4. The molecule has 0 spiro atoms. The van der Waals surface area contributed by atoms with Crippen LogP contribution < -0.4 is 0 Å². The number of aldehydes is 1. The lowest BCUT2D eigenvalue weighted by atomic mass is 9.45. The second-order valence-electron chi connectivity index (χ2n) is 10.0. The number of rotatable bonds is 2. The number of fused-ring (bicyclic) bond motifs is 5. The van der Waals surface area contributed by atoms with E-state index in [4.69, 9.17) is 4.74 Å². The van der Waals surface area contributed by atoms with Crippen molar-refractivity contribution < 1.29 is 24.5 Å². The Hall–Kier alpha value is -1.46. The van der Waals surface area contributed by atoms with Gasteiger partial charge in [-0.15, -0.1) is 0 Å². The zero-order chi connectivity index (χ0) is 19.7. The molecular weight excluding hydrogens is 356 g/mol. The van der Waals surface area contributed by atoms with E-state index in [1.165, 1.54) is 0 Å². The van der Waals surface area contributed by atoms with E-state index in [2.05, 4.69) is 13.0 Å². The summed E-state index contributed by atoms with van der Waals surface area (Å²) in [5, 5.41) is 22.2. The van der Waals surface area contributed by atoms with Gasteiger partial charge in [0.1, 0.15) is 12.9 Å². The average molecular weight is 386 g/mol. The third kappa shape index (κ3) is 2.20. The lowest BCUT2D eigenvalue weighted by molar-refractivity contribution is -0.178. The Morgan fingerprint density at radius 2 is 2.00 bits per heavy atom. The number of esters is 1. The van der Waals surface area contributed by atoms with Crippen LogP contribution in [0.2, 0.25) is 0 Å². The Morgan fingerprint density at radius 3 is 2.71 bits per heavy atom. The predicted octanol–water partition coefficient (Wildman–Crippen LogP) is 2.70. The molecule has 7 unspecified atom stereocenters. The summed E-state index contributed by atoms with van der Waals surface area (Å²) in [6.07, 6.45) is 10.6. The van der Waals surface area contributed by atoms with Gasteiger partial charge in [0.25, 0.3) is 0 Å². The van der Waals surface area contributed by atoms with Crippen LogP contribution in [0.5, 0.6) is 0 Å². The van der Waals surface area contributed by atoms with E-state index in [1.54, 1.807) is 6.08 Å². The number of hydrogen-bond donors (Lipinski definition) is 2. The monoisotopic (exact) mass is 386 g/mol. The molecule has 3 saturated carbocycles. The van der Waals surface area contributed by atoms with Crippen LogP contribution in [-0.4, -0.2) is 40.8 Å². The number of carbonyl (C=O) groups is 2. The van der Waals surface area contributed by atoms with Gasteiger partial charge < -0.3 is 19.7 Å². The van der Waals surface area contributed by atoms with E-state index in [-0.39, 0.29) is 35.2 Å². The molecule has 5 aliphatic rings. The highest BCUT2D eigenvalue weighted by Crippen LogP contribution is 2.68. The van der Waals surface area contributed by atoms with E-state index in [1.807, 2.05) is 0 Å². The summed E-state index contributed by atoms with van der Waals surface area (Å²) in [6.45, 7) is 2.53. The van der Waals surface area contributed by atoms with Crippen molar-refractivity contribution in [3.05, 3.63) is 23.3 Å². The summed E-state index contributed by atoms with van der Waals surface area (Å²) in [5.74, 6) is 0.0908. The summed E-state index contributed by atoms with van der Waals surface area (Å²) >= 11 is 0. The van der Waals surface area contributed by atoms with Crippen LogP contribution in [0, 0.1) is 28.6 Å². The van der Waals surface area contributed by atoms with Crippen molar-refractivity contribution in [2.75, 3.05) is 6.61 Å². The topological polar surface area (TPSA) is 83.8 Å². The Balaban J connectivity index is 1.52. The van der Waals surface area contributed by atoms with Crippen LogP contribution >= 0.6 is 0 Å². The average Bonchev–Trinajstić information content (AvgIpc) is 3.22. The summed E-state index contributed by atoms with van der Waals surface area (Å²) in [4.78, 5) is 24.0. The highest BCUT2D eigenvalue weighted by molar-refractivity contribution is 5.85. The predicted molar refractivity (Wildman–Crippen MR) is 102 cm³/mol. The van der Waals surface area contributed by atoms with E-state index < -0.39 is 11.0 Å². The number of aliphatic hydroxyl groups is 2. The molecule has 0 bridgehead atoms. The molecule has 3 fully saturated rings. The van der Waals surface area contributed by atoms with Gasteiger partial charge in [-0.2, -0.15) is 0 Å². The van der Waals surface area contributed by atoms with E-state index in [0.717, 1.165) is 43.1 Å². The molecule has 1 heterocycles. The van der Waals surface area contributed by atoms with E-state index >= 15 is 0 Å². The maximum Gasteiger partial charge on any atom is 0.331 e. The van der Waals surface area contributed by atoms with E-state index in [0.29, 0.717) is 32.3 Å². The zero-order valence-electron chi connectivity index (χ0n) is 16.5. The van der Waals surface area contributed by atoms with Gasteiger partial charge in [-0.25, -0.2) is 4.79 Å². The van der Waals surface area contributed by atoms with Gasteiger partial charge in [0.15, 0.2) is 0 Å². The van der Waals surface area contributed by atoms with Gasteiger partial charge in [0, 0.05) is 11.5 Å². The first-order valence-corrected chi connectivity index (χ1v) is 10.8. The highest BCUT2D eigenvalue weighted by Gasteiger charge is 2.67. The number of aliphatic hydroxyl groups excluding tert-OH is 1. The SMILES string of the molecule is CC12CCC3C(CC=C4CC(O)CCC43C=O)C1(O)CCC2C1=CC(=O)OC1. The fourth-order valence-corrected chi connectivity index (χ4v) is 7.72. The van der Waals surface area contributed by atoms with Gasteiger partial charge in [0.2, 0.25) is 0 Å². The van der Waals surface area contributed by atoms with Crippen molar-refractivity contribution in [2.45, 2.75) is 70.0 Å². The molecule has 0 aromatic rings. The molecule has 0 amide bonds. The number of allylic oxidation sites excluding steroid dienone is 1. The Morgan fingerprint density at radius 1 is 1.18 bits per heavy atom. The van der Waals surface area contributed by atoms with Gasteiger partial charge in [-0.1, -0.05) is 18.6 Å². The van der Waals surface area contributed by atoms with Crippen LogP contribution in [0.4, 0.5) is 0 Å². The minimum atomic E-state index is -0.832. The molecule has 1 aliphatic heterocycles. The number of hydrogen-bond acceptors (Lipinski definition) is 5. The highest BCUT2D eigenvalue weighted by atomic mass is 16.5. The minimum absolute atomic E-state index is 0.0547. The van der Waals surface area contributed by atoms with Gasteiger partial charge in [0.05, 0.1) is 17.1 Å². The molecule has 7 atom stereocenters. The van der Waals surface area contributed by atoms with Crippen LogP contribution in [0.15, 0.2) is 23.3 Å². The van der Waals surface area contributed by atoms with Crippen molar-refractivity contribution in [3.63, 3.8) is 0 Å². The Labute approximate surface area is 165 Å². The van der Waals surface area contributed by atoms with Crippen LogP contribution in [0.25, 0.3) is 0 Å². The molecule has 0 aromatic carbocycles. The largest absolute Gasteiger partial charge is 0.458 e. The standard InChI is InChI=1S/C23H30O5/c1-21-7-5-18-19(3-2-15-11-16(25)4-8-22(15,18)13-24)23(21,27)9-6-17(21)14-10-20(26)28-12-14/h2,10,13,16-19,25,27H,3-9,11-12H2,1H3. The third-order valence-corrected chi connectivity index (χ3v) is 9.21. The van der Waals surface area contributed by atoms with Crippen LogP contribution in [0.1, 0.15) is 58.3 Å². The van der Waals surface area contributed by atoms with Gasteiger partial charge in [-0.05, 0) is 74.7 Å². The molecule has 5 nitrogen and oxygen atoms in total. The zero-order valence-corrected chi connectivity index (χ0v) is 16.5. The summed E-state index contributed by atoms with van der Waals surface area (Å²) in [5.41, 5.74) is 0.489. The first-order valence-electron chi connectivity index (χ1n) is 10.8. The van der Waals surface area contributed by atoms with Crippen molar-refractivity contribution in [3.8, 4) is 0 Å². The summed E-state index contributed by atoms with van der Waals surface area (Å²) < 4.78 is 5.16. The van der Waals surface area contributed by atoms with Gasteiger partial charge >= 0.3 is 5.97 Å². The van der Waals surface area contributed by atoms with Crippen LogP contribution in [-0.2, 0) is 14.3 Å². The van der Waals surface area contributed by atoms with Gasteiger partial charge in [-0.3, -0.25) is 0 Å². The van der Waals surface area contributed by atoms with Crippen molar-refractivity contribution in [2.24, 2.45) is 28.6 Å². The lowest BCUT2D eigenvalue weighted by Gasteiger charge is -2.60. The second kappa shape index (κ2) is 6.02. The Kier molecular flexibility index (Phi) is 3.99.